The van der Waals surface area contributed by atoms with Gasteiger partial charge in [-0.1, -0.05) is 12.1 Å². The molecule has 0 amide bonds. The zero-order chi connectivity index (χ0) is 17.9. The molecule has 2 N–H and O–H groups in total. The Morgan fingerprint density at radius 3 is 2.32 bits per heavy atom. The van der Waals surface area contributed by atoms with E-state index in [1.54, 1.807) is 26.3 Å². The summed E-state index contributed by atoms with van der Waals surface area (Å²) in [5, 5.41) is 6.49. The maximum atomic E-state index is 12.8. The van der Waals surface area contributed by atoms with Gasteiger partial charge >= 0.3 is 0 Å². The van der Waals surface area contributed by atoms with Crippen LogP contribution in [0.5, 0.6) is 11.5 Å². The number of ether oxygens (including phenoxy) is 2. The molecule has 0 aliphatic heterocycles. The van der Waals surface area contributed by atoms with Crippen LogP contribution in [0.2, 0.25) is 0 Å². The molecule has 0 heterocycles. The third kappa shape index (κ3) is 6.71. The average molecular weight is 345 g/mol. The van der Waals surface area contributed by atoms with Crippen LogP contribution in [0.25, 0.3) is 0 Å². The Kier molecular flexibility index (Phi) is 7.56. The molecular weight excluding hydrogens is 321 g/mol. The number of nitrogens with one attached hydrogen (secondary N) is 2. The van der Waals surface area contributed by atoms with Crippen LogP contribution in [0.15, 0.2) is 53.5 Å². The lowest BCUT2D eigenvalue weighted by molar-refractivity contribution is 0.310. The Morgan fingerprint density at radius 2 is 1.68 bits per heavy atom. The van der Waals surface area contributed by atoms with Crippen molar-refractivity contribution in [3.63, 3.8) is 0 Å². The van der Waals surface area contributed by atoms with Crippen molar-refractivity contribution in [2.24, 2.45) is 4.99 Å². The number of halogens is 1. The number of hydrogen-bond donors (Lipinski definition) is 2. The molecule has 0 saturated heterocycles. The molecule has 0 fully saturated rings. The number of nitrogens with zero attached hydrogens (tertiary/aromatic N) is 1. The van der Waals surface area contributed by atoms with Gasteiger partial charge in [0.25, 0.3) is 0 Å². The minimum Gasteiger partial charge on any atom is -0.497 e. The molecule has 0 spiro atoms. The molecule has 134 valence electrons. The van der Waals surface area contributed by atoms with E-state index in [0.29, 0.717) is 18.9 Å². The predicted molar refractivity (Wildman–Crippen MR) is 97.7 cm³/mol. The van der Waals surface area contributed by atoms with E-state index in [-0.39, 0.29) is 5.82 Å². The number of benzene rings is 2. The Morgan fingerprint density at radius 1 is 1.00 bits per heavy atom. The Labute approximate surface area is 147 Å². The van der Waals surface area contributed by atoms with Crippen LogP contribution in [-0.4, -0.2) is 33.3 Å². The lowest BCUT2D eigenvalue weighted by Gasteiger charge is -2.12. The number of hydrogen-bond acceptors (Lipinski definition) is 3. The molecule has 2 aromatic rings. The Hall–Kier alpha value is -2.76. The van der Waals surface area contributed by atoms with Crippen molar-refractivity contribution in [1.82, 2.24) is 10.6 Å². The van der Waals surface area contributed by atoms with E-state index in [0.717, 1.165) is 30.2 Å². The van der Waals surface area contributed by atoms with Gasteiger partial charge in [-0.05, 0) is 48.4 Å². The number of aliphatic imine (C=N–C) groups is 1. The first kappa shape index (κ1) is 18.6. The first-order valence-electron chi connectivity index (χ1n) is 8.17. The molecule has 0 bridgehead atoms. The minimum absolute atomic E-state index is 0.263. The molecule has 0 aliphatic carbocycles. The predicted octanol–water partition coefficient (Wildman–Crippen LogP) is 2.97. The third-order valence-electron chi connectivity index (χ3n) is 3.54. The van der Waals surface area contributed by atoms with Crippen molar-refractivity contribution in [2.75, 3.05) is 27.3 Å². The van der Waals surface area contributed by atoms with E-state index >= 15 is 0 Å². The molecule has 0 saturated carbocycles. The van der Waals surface area contributed by atoms with E-state index in [9.17, 15) is 4.39 Å². The van der Waals surface area contributed by atoms with Gasteiger partial charge < -0.3 is 20.1 Å². The highest BCUT2D eigenvalue weighted by molar-refractivity contribution is 5.79. The highest BCUT2D eigenvalue weighted by atomic mass is 19.1. The summed E-state index contributed by atoms with van der Waals surface area (Å²) >= 11 is 0. The first-order valence-corrected chi connectivity index (χ1v) is 8.17. The maximum Gasteiger partial charge on any atom is 0.191 e. The molecule has 5 nitrogen and oxygen atoms in total. The lowest BCUT2D eigenvalue weighted by atomic mass is 10.2. The summed E-state index contributed by atoms with van der Waals surface area (Å²) in [6.45, 7) is 1.95. The van der Waals surface area contributed by atoms with Crippen molar-refractivity contribution >= 4 is 5.96 Å². The molecule has 2 rings (SSSR count). The van der Waals surface area contributed by atoms with Crippen molar-refractivity contribution in [3.05, 3.63) is 59.9 Å². The molecule has 0 atom stereocenters. The topological polar surface area (TPSA) is 54.9 Å². The van der Waals surface area contributed by atoms with Gasteiger partial charge in [0.1, 0.15) is 17.3 Å². The van der Waals surface area contributed by atoms with Crippen LogP contribution in [0.1, 0.15) is 12.0 Å². The number of methoxy groups -OCH3 is 1. The number of guanidine groups is 1. The van der Waals surface area contributed by atoms with E-state index < -0.39 is 0 Å². The molecular formula is C19H24FN3O2. The number of rotatable bonds is 8. The molecule has 0 aliphatic rings. The zero-order valence-electron chi connectivity index (χ0n) is 14.6. The normalized spacial score (nSPS) is 11.1. The summed E-state index contributed by atoms with van der Waals surface area (Å²) in [6.07, 6.45) is 0.806. The van der Waals surface area contributed by atoms with Gasteiger partial charge in [0.05, 0.1) is 13.7 Å². The van der Waals surface area contributed by atoms with Gasteiger partial charge in [-0.25, -0.2) is 4.39 Å². The minimum atomic E-state index is -0.263. The van der Waals surface area contributed by atoms with Crippen LogP contribution in [0.3, 0.4) is 0 Å². The monoisotopic (exact) mass is 345 g/mol. The van der Waals surface area contributed by atoms with Crippen molar-refractivity contribution in [1.29, 1.82) is 0 Å². The van der Waals surface area contributed by atoms with Gasteiger partial charge in [-0.15, -0.1) is 0 Å². The van der Waals surface area contributed by atoms with E-state index in [4.69, 9.17) is 9.47 Å². The van der Waals surface area contributed by atoms with Crippen LogP contribution < -0.4 is 20.1 Å². The second-order valence-corrected chi connectivity index (χ2v) is 5.36. The van der Waals surface area contributed by atoms with Crippen LogP contribution >= 0.6 is 0 Å². The second-order valence-electron chi connectivity index (χ2n) is 5.36. The fourth-order valence-corrected chi connectivity index (χ4v) is 2.15. The summed E-state index contributed by atoms with van der Waals surface area (Å²) in [4.78, 5) is 4.19. The largest absolute Gasteiger partial charge is 0.497 e. The van der Waals surface area contributed by atoms with Gasteiger partial charge in [0.15, 0.2) is 5.96 Å². The van der Waals surface area contributed by atoms with Gasteiger partial charge in [0.2, 0.25) is 0 Å². The van der Waals surface area contributed by atoms with E-state index in [1.165, 1.54) is 12.1 Å². The molecule has 6 heteroatoms. The van der Waals surface area contributed by atoms with Gasteiger partial charge in [0, 0.05) is 20.1 Å². The van der Waals surface area contributed by atoms with E-state index in [1.807, 2.05) is 24.3 Å². The summed E-state index contributed by atoms with van der Waals surface area (Å²) in [5.74, 6) is 1.98. The SMILES string of the molecule is CN=C(NCCCOc1ccc(F)cc1)NCc1ccc(OC)cc1. The standard InChI is InChI=1S/C19H24FN3O2/c1-21-19(23-14-15-4-8-17(24-2)9-5-15)22-12-3-13-25-18-10-6-16(20)7-11-18/h4-11H,3,12-14H2,1-2H3,(H2,21,22,23). The van der Waals surface area contributed by atoms with Crippen molar-refractivity contribution in [3.8, 4) is 11.5 Å². The molecule has 25 heavy (non-hydrogen) atoms. The van der Waals surface area contributed by atoms with Crippen molar-refractivity contribution in [2.45, 2.75) is 13.0 Å². The highest BCUT2D eigenvalue weighted by Gasteiger charge is 1.99. The molecule has 0 aromatic heterocycles. The third-order valence-corrected chi connectivity index (χ3v) is 3.54. The lowest BCUT2D eigenvalue weighted by Crippen LogP contribution is -2.37. The van der Waals surface area contributed by atoms with Crippen LogP contribution in [0, 0.1) is 5.82 Å². The van der Waals surface area contributed by atoms with Gasteiger partial charge in [-0.3, -0.25) is 4.99 Å². The summed E-state index contributed by atoms with van der Waals surface area (Å²) < 4.78 is 23.5. The quantitative estimate of drug-likeness (QED) is 0.439. The highest BCUT2D eigenvalue weighted by Crippen LogP contribution is 2.11. The molecule has 0 unspecified atom stereocenters. The van der Waals surface area contributed by atoms with Gasteiger partial charge in [-0.2, -0.15) is 0 Å². The fourth-order valence-electron chi connectivity index (χ4n) is 2.15. The fraction of sp³-hybridized carbons (Fsp3) is 0.316. The molecule has 0 radical (unpaired) electrons. The average Bonchev–Trinajstić information content (AvgIpc) is 2.66. The van der Waals surface area contributed by atoms with Crippen LogP contribution in [-0.2, 0) is 6.54 Å². The Balaban J connectivity index is 1.63. The summed E-state index contributed by atoms with van der Waals surface area (Å²) in [6, 6.07) is 13.9. The van der Waals surface area contributed by atoms with Crippen molar-refractivity contribution < 1.29 is 13.9 Å². The second kappa shape index (κ2) is 10.2. The molecule has 2 aromatic carbocycles. The zero-order valence-corrected chi connectivity index (χ0v) is 14.6. The first-order chi connectivity index (χ1) is 12.2. The maximum absolute atomic E-state index is 12.8. The summed E-state index contributed by atoms with van der Waals surface area (Å²) in [5.41, 5.74) is 1.14. The summed E-state index contributed by atoms with van der Waals surface area (Å²) in [7, 11) is 3.39. The van der Waals surface area contributed by atoms with Crippen LogP contribution in [0.4, 0.5) is 4.39 Å². The smallest absolute Gasteiger partial charge is 0.191 e. The van der Waals surface area contributed by atoms with E-state index in [2.05, 4.69) is 15.6 Å². The Bertz CT molecular complexity index is 657.